The molecule has 10 heavy (non-hydrogen) atoms. The second-order valence-electron chi connectivity index (χ2n) is 1.65. The lowest BCUT2D eigenvalue weighted by Gasteiger charge is -1.90. The summed E-state index contributed by atoms with van der Waals surface area (Å²) in [4.78, 5) is 0. The first-order valence-corrected chi connectivity index (χ1v) is 3.24. The quantitative estimate of drug-likeness (QED) is 0.456. The smallest absolute Gasteiger partial charge is 0.136 e. The van der Waals surface area contributed by atoms with Gasteiger partial charge in [-0.15, -0.1) is 0 Å². The summed E-state index contributed by atoms with van der Waals surface area (Å²) >= 11 is 0. The van der Waals surface area contributed by atoms with Crippen molar-refractivity contribution >= 4 is 0 Å². The Labute approximate surface area is 61.5 Å². The van der Waals surface area contributed by atoms with Gasteiger partial charge in [-0.25, -0.2) is 0 Å². The van der Waals surface area contributed by atoms with E-state index >= 15 is 0 Å². The maximum Gasteiger partial charge on any atom is 0.136 e. The highest BCUT2D eigenvalue weighted by atomic mass is 16.5. The highest BCUT2D eigenvalue weighted by molar-refractivity contribution is 5.08. The number of hydrogen-bond acceptors (Lipinski definition) is 2. The molecule has 2 nitrogen and oxygen atoms in total. The van der Waals surface area contributed by atoms with Crippen LogP contribution in [0.15, 0.2) is 12.2 Å². The minimum atomic E-state index is -0.698. The number of aliphatic hydroxyl groups excluding tert-OH is 1. The first-order chi connectivity index (χ1) is 4.81. The molecule has 0 aliphatic rings. The molecule has 0 fully saturated rings. The number of hydrogen-bond donors (Lipinski definition) is 1. The van der Waals surface area contributed by atoms with Crippen molar-refractivity contribution in [3.63, 3.8) is 0 Å². The van der Waals surface area contributed by atoms with Crippen LogP contribution in [0.4, 0.5) is 0 Å². The van der Waals surface area contributed by atoms with Crippen LogP contribution in [-0.4, -0.2) is 17.8 Å². The Morgan fingerprint density at radius 3 is 2.90 bits per heavy atom. The lowest BCUT2D eigenvalue weighted by atomic mass is 10.3. The molecular weight excluding hydrogens is 128 g/mol. The highest BCUT2D eigenvalue weighted by Gasteiger charge is 1.86. The van der Waals surface area contributed by atoms with E-state index in [2.05, 4.69) is 12.0 Å². The van der Waals surface area contributed by atoms with Gasteiger partial charge in [0.15, 0.2) is 0 Å². The predicted octanol–water partition coefficient (Wildman–Crippen LogP) is 0.921. The van der Waals surface area contributed by atoms with Crippen molar-refractivity contribution in [3.8, 4) is 12.0 Å². The van der Waals surface area contributed by atoms with Gasteiger partial charge in [-0.3, -0.25) is 0 Å². The van der Waals surface area contributed by atoms with E-state index in [4.69, 9.17) is 9.84 Å². The molecule has 1 N–H and O–H groups in total. The Hall–Kier alpha value is -0.940. The van der Waals surface area contributed by atoms with Crippen molar-refractivity contribution in [1.29, 1.82) is 0 Å². The van der Waals surface area contributed by atoms with Gasteiger partial charge in [0.25, 0.3) is 0 Å². The van der Waals surface area contributed by atoms with E-state index in [9.17, 15) is 0 Å². The van der Waals surface area contributed by atoms with Crippen LogP contribution in [0.5, 0.6) is 0 Å². The molecule has 0 amide bonds. The fraction of sp³-hybridized carbons (Fsp3) is 0.500. The molecule has 0 bridgehead atoms. The maximum absolute atomic E-state index is 8.94. The molecule has 0 aliphatic carbocycles. The molecule has 2 heteroatoms. The van der Waals surface area contributed by atoms with E-state index in [1.165, 1.54) is 0 Å². The van der Waals surface area contributed by atoms with E-state index < -0.39 is 6.10 Å². The van der Waals surface area contributed by atoms with Crippen LogP contribution in [0.3, 0.4) is 0 Å². The molecule has 1 unspecified atom stereocenters. The lowest BCUT2D eigenvalue weighted by molar-refractivity contribution is 0.270. The molecule has 0 spiro atoms. The second-order valence-corrected chi connectivity index (χ2v) is 1.65. The first kappa shape index (κ1) is 9.06. The van der Waals surface area contributed by atoms with Gasteiger partial charge in [-0.1, -0.05) is 6.08 Å². The number of aliphatic hydroxyl groups is 1. The summed E-state index contributed by atoms with van der Waals surface area (Å²) in [7, 11) is 0. The average Bonchev–Trinajstić information content (AvgIpc) is 1.89. The topological polar surface area (TPSA) is 29.5 Å². The normalized spacial score (nSPS) is 12.3. The summed E-state index contributed by atoms with van der Waals surface area (Å²) in [5.41, 5.74) is 0. The monoisotopic (exact) mass is 140 g/mol. The van der Waals surface area contributed by atoms with Crippen LogP contribution in [-0.2, 0) is 4.74 Å². The molecule has 0 aromatic rings. The number of allylic oxidation sites excluding steroid dienone is 1. The fourth-order valence-electron chi connectivity index (χ4n) is 0.405. The third-order valence-corrected chi connectivity index (χ3v) is 0.798. The van der Waals surface area contributed by atoms with Crippen molar-refractivity contribution in [2.24, 2.45) is 0 Å². The Balaban J connectivity index is 3.57. The van der Waals surface area contributed by atoms with Gasteiger partial charge in [-0.05, 0) is 25.8 Å². The summed E-state index contributed by atoms with van der Waals surface area (Å²) in [5.74, 6) is 2.48. The molecule has 0 radical (unpaired) electrons. The van der Waals surface area contributed by atoms with Crippen molar-refractivity contribution in [1.82, 2.24) is 0 Å². The molecule has 0 aromatic heterocycles. The third kappa shape index (κ3) is 5.20. The standard InChI is InChI=1S/C8H12O2/c1-3-5-8(9)6-7-10-4-2/h3,5,8-9H,4H2,1-2H3/b5-3-. The zero-order chi connectivity index (χ0) is 7.82. The largest absolute Gasteiger partial charge is 0.447 e. The molecule has 0 aliphatic heterocycles. The Bertz CT molecular complexity index is 150. The van der Waals surface area contributed by atoms with Gasteiger partial charge < -0.3 is 9.84 Å². The van der Waals surface area contributed by atoms with Crippen LogP contribution in [0.1, 0.15) is 13.8 Å². The van der Waals surface area contributed by atoms with E-state index in [0.29, 0.717) is 6.61 Å². The molecule has 0 saturated heterocycles. The molecule has 0 heterocycles. The average molecular weight is 140 g/mol. The highest BCUT2D eigenvalue weighted by Crippen LogP contribution is 1.81. The molecular formula is C8H12O2. The molecule has 0 aromatic carbocycles. The summed E-state index contributed by atoms with van der Waals surface area (Å²) < 4.78 is 4.70. The third-order valence-electron chi connectivity index (χ3n) is 0.798. The van der Waals surface area contributed by atoms with E-state index in [-0.39, 0.29) is 0 Å². The fourth-order valence-corrected chi connectivity index (χ4v) is 0.405. The van der Waals surface area contributed by atoms with Gasteiger partial charge in [0, 0.05) is 0 Å². The van der Waals surface area contributed by atoms with Gasteiger partial charge >= 0.3 is 0 Å². The molecule has 0 rings (SSSR count). The van der Waals surface area contributed by atoms with Gasteiger partial charge in [0.1, 0.15) is 12.2 Å². The second kappa shape index (κ2) is 6.18. The van der Waals surface area contributed by atoms with Crippen LogP contribution >= 0.6 is 0 Å². The van der Waals surface area contributed by atoms with Gasteiger partial charge in [0.05, 0.1) is 6.61 Å². The number of rotatable bonds is 2. The van der Waals surface area contributed by atoms with Crippen LogP contribution in [0, 0.1) is 12.0 Å². The van der Waals surface area contributed by atoms with Gasteiger partial charge in [0.2, 0.25) is 0 Å². The first-order valence-electron chi connectivity index (χ1n) is 3.24. The van der Waals surface area contributed by atoms with E-state index in [0.717, 1.165) is 0 Å². The number of ether oxygens (including phenoxy) is 1. The summed E-state index contributed by atoms with van der Waals surface area (Å²) in [6.45, 7) is 4.22. The Morgan fingerprint density at radius 1 is 1.70 bits per heavy atom. The predicted molar refractivity (Wildman–Crippen MR) is 40.2 cm³/mol. The maximum atomic E-state index is 8.94. The van der Waals surface area contributed by atoms with Crippen molar-refractivity contribution < 1.29 is 9.84 Å². The van der Waals surface area contributed by atoms with E-state index in [1.807, 2.05) is 13.8 Å². The minimum absolute atomic E-state index is 0.551. The summed E-state index contributed by atoms with van der Waals surface area (Å²) in [6.07, 6.45) is 5.00. The molecule has 1 atom stereocenters. The van der Waals surface area contributed by atoms with Crippen LogP contribution in [0.25, 0.3) is 0 Å². The summed E-state index contributed by atoms with van der Waals surface area (Å²) in [5, 5.41) is 8.94. The summed E-state index contributed by atoms with van der Waals surface area (Å²) in [6, 6.07) is 0. The molecule has 56 valence electrons. The lowest BCUT2D eigenvalue weighted by Crippen LogP contribution is -1.96. The Morgan fingerprint density at radius 2 is 2.40 bits per heavy atom. The zero-order valence-electron chi connectivity index (χ0n) is 6.29. The minimum Gasteiger partial charge on any atom is -0.447 e. The van der Waals surface area contributed by atoms with Crippen molar-refractivity contribution in [2.45, 2.75) is 20.0 Å². The van der Waals surface area contributed by atoms with Crippen molar-refractivity contribution in [3.05, 3.63) is 12.2 Å². The SMILES string of the molecule is C/C=C\C(O)C#COCC. The van der Waals surface area contributed by atoms with Crippen LogP contribution < -0.4 is 0 Å². The van der Waals surface area contributed by atoms with Crippen molar-refractivity contribution in [2.75, 3.05) is 6.61 Å². The molecule has 0 saturated carbocycles. The van der Waals surface area contributed by atoms with Gasteiger partial charge in [-0.2, -0.15) is 0 Å². The Kier molecular flexibility index (Phi) is 5.60. The zero-order valence-corrected chi connectivity index (χ0v) is 6.29. The van der Waals surface area contributed by atoms with Crippen LogP contribution in [0.2, 0.25) is 0 Å². The van der Waals surface area contributed by atoms with E-state index in [1.54, 1.807) is 12.2 Å².